The van der Waals surface area contributed by atoms with Crippen LogP contribution >= 0.6 is 0 Å². The van der Waals surface area contributed by atoms with E-state index in [0.29, 0.717) is 28.1 Å². The van der Waals surface area contributed by atoms with Crippen molar-refractivity contribution in [2.24, 2.45) is 0 Å². The van der Waals surface area contributed by atoms with Gasteiger partial charge in [0.25, 0.3) is 5.91 Å². The second kappa shape index (κ2) is 3.38. The Balaban J connectivity index is 2.13. The summed E-state index contributed by atoms with van der Waals surface area (Å²) in [4.78, 5) is 12.1. The molecule has 2 aliphatic heterocycles. The van der Waals surface area contributed by atoms with Crippen molar-refractivity contribution in [3.05, 3.63) is 35.9 Å². The summed E-state index contributed by atoms with van der Waals surface area (Å²) in [7, 11) is 0. The van der Waals surface area contributed by atoms with Gasteiger partial charge in [0.05, 0.1) is 11.3 Å². The SMILES string of the molecule is O=C1Nc2cc3c(O)cccc3c3c4c(cc1c23)OCO4. The molecular formula is C16H9NO4. The number of hydrogen-bond acceptors (Lipinski definition) is 4. The van der Waals surface area contributed by atoms with Crippen molar-refractivity contribution >= 4 is 33.1 Å². The third-order valence-electron chi connectivity index (χ3n) is 4.07. The number of rotatable bonds is 0. The first kappa shape index (κ1) is 10.8. The van der Waals surface area contributed by atoms with E-state index in [1.165, 1.54) is 0 Å². The second-order valence-corrected chi connectivity index (χ2v) is 5.16. The quantitative estimate of drug-likeness (QED) is 0.621. The summed E-state index contributed by atoms with van der Waals surface area (Å²) in [6, 6.07) is 8.81. The van der Waals surface area contributed by atoms with Crippen LogP contribution in [0.2, 0.25) is 0 Å². The van der Waals surface area contributed by atoms with Crippen LogP contribution in [-0.4, -0.2) is 17.8 Å². The van der Waals surface area contributed by atoms with Crippen LogP contribution in [0.25, 0.3) is 21.5 Å². The van der Waals surface area contributed by atoms with Gasteiger partial charge in [-0.3, -0.25) is 4.79 Å². The molecule has 0 unspecified atom stereocenters. The molecule has 0 fully saturated rings. The molecule has 5 nitrogen and oxygen atoms in total. The largest absolute Gasteiger partial charge is 0.507 e. The van der Waals surface area contributed by atoms with Crippen molar-refractivity contribution in [2.45, 2.75) is 0 Å². The summed E-state index contributed by atoms with van der Waals surface area (Å²) in [6.07, 6.45) is 0. The van der Waals surface area contributed by atoms with Gasteiger partial charge in [0, 0.05) is 16.2 Å². The Labute approximate surface area is 118 Å². The molecule has 1 amide bonds. The molecule has 0 saturated heterocycles. The first-order chi connectivity index (χ1) is 10.2. The number of anilines is 1. The number of aromatic hydroxyl groups is 1. The molecule has 2 heterocycles. The highest BCUT2D eigenvalue weighted by Crippen LogP contribution is 2.50. The van der Waals surface area contributed by atoms with Gasteiger partial charge in [-0.05, 0) is 23.6 Å². The van der Waals surface area contributed by atoms with Gasteiger partial charge < -0.3 is 19.9 Å². The third kappa shape index (κ3) is 1.19. The molecule has 102 valence electrons. The van der Waals surface area contributed by atoms with Crippen LogP contribution < -0.4 is 14.8 Å². The third-order valence-corrected chi connectivity index (χ3v) is 4.07. The molecule has 0 aliphatic carbocycles. The fraction of sp³-hybridized carbons (Fsp3) is 0.0625. The summed E-state index contributed by atoms with van der Waals surface area (Å²) < 4.78 is 11.0. The summed E-state index contributed by atoms with van der Waals surface area (Å²) >= 11 is 0. The fourth-order valence-corrected chi connectivity index (χ4v) is 3.19. The molecule has 0 aromatic heterocycles. The molecule has 0 atom stereocenters. The standard InChI is InChI=1S/C16H9NO4/c18-11-3-1-2-7-8(11)4-10-13-9(16(19)17-10)5-12-15(14(7)13)21-6-20-12/h1-5,18H,6H2,(H,17,19). The fourth-order valence-electron chi connectivity index (χ4n) is 3.19. The minimum atomic E-state index is -0.164. The van der Waals surface area contributed by atoms with Crippen molar-refractivity contribution in [3.8, 4) is 17.2 Å². The number of nitrogens with one attached hydrogen (secondary N) is 1. The van der Waals surface area contributed by atoms with E-state index < -0.39 is 0 Å². The smallest absolute Gasteiger partial charge is 0.256 e. The van der Waals surface area contributed by atoms with Crippen LogP contribution in [0.1, 0.15) is 10.4 Å². The molecule has 3 aromatic rings. The maximum Gasteiger partial charge on any atom is 0.256 e. The van der Waals surface area contributed by atoms with Gasteiger partial charge in [-0.15, -0.1) is 0 Å². The van der Waals surface area contributed by atoms with Crippen molar-refractivity contribution in [1.29, 1.82) is 0 Å². The number of benzene rings is 3. The number of phenolic OH excluding ortho intramolecular Hbond substituents is 1. The highest BCUT2D eigenvalue weighted by atomic mass is 16.7. The number of ether oxygens (including phenoxy) is 2. The Morgan fingerprint density at radius 3 is 2.90 bits per heavy atom. The molecule has 5 heteroatoms. The van der Waals surface area contributed by atoms with Crippen LogP contribution in [0.15, 0.2) is 30.3 Å². The Morgan fingerprint density at radius 1 is 1.10 bits per heavy atom. The van der Waals surface area contributed by atoms with Crippen LogP contribution in [-0.2, 0) is 0 Å². The summed E-state index contributed by atoms with van der Waals surface area (Å²) in [5.74, 6) is 1.20. The molecule has 0 radical (unpaired) electrons. The van der Waals surface area contributed by atoms with E-state index in [-0.39, 0.29) is 18.4 Å². The van der Waals surface area contributed by atoms with Crippen LogP contribution in [0.3, 0.4) is 0 Å². The number of phenols is 1. The predicted molar refractivity (Wildman–Crippen MR) is 77.2 cm³/mol. The normalized spacial score (nSPS) is 15.0. The maximum atomic E-state index is 12.1. The van der Waals surface area contributed by atoms with Crippen LogP contribution in [0, 0.1) is 0 Å². The molecule has 5 rings (SSSR count). The van der Waals surface area contributed by atoms with Gasteiger partial charge in [0.1, 0.15) is 5.75 Å². The van der Waals surface area contributed by atoms with E-state index in [1.54, 1.807) is 24.3 Å². The Bertz CT molecular complexity index is 977. The molecule has 0 bridgehead atoms. The zero-order valence-corrected chi connectivity index (χ0v) is 10.8. The van der Waals surface area contributed by atoms with Crippen LogP contribution in [0.5, 0.6) is 17.2 Å². The second-order valence-electron chi connectivity index (χ2n) is 5.16. The molecule has 2 N–H and O–H groups in total. The maximum absolute atomic E-state index is 12.1. The Hall–Kier alpha value is -2.95. The zero-order valence-electron chi connectivity index (χ0n) is 10.8. The number of amides is 1. The number of fused-ring (bicyclic) bond motifs is 4. The lowest BCUT2D eigenvalue weighted by molar-refractivity contribution is 0.103. The molecule has 3 aromatic carbocycles. The average molecular weight is 279 g/mol. The minimum Gasteiger partial charge on any atom is -0.507 e. The highest BCUT2D eigenvalue weighted by Gasteiger charge is 2.30. The van der Waals surface area contributed by atoms with Gasteiger partial charge in [-0.25, -0.2) is 0 Å². The van der Waals surface area contributed by atoms with E-state index in [9.17, 15) is 9.90 Å². The van der Waals surface area contributed by atoms with Crippen molar-refractivity contribution in [2.75, 3.05) is 12.1 Å². The van der Waals surface area contributed by atoms with E-state index in [1.807, 2.05) is 6.07 Å². The summed E-state index contributed by atoms with van der Waals surface area (Å²) in [6.45, 7) is 0.139. The molecule has 21 heavy (non-hydrogen) atoms. The molecule has 0 spiro atoms. The van der Waals surface area contributed by atoms with E-state index in [0.717, 1.165) is 16.2 Å². The van der Waals surface area contributed by atoms with Gasteiger partial charge in [0.2, 0.25) is 6.79 Å². The van der Waals surface area contributed by atoms with Crippen molar-refractivity contribution in [1.82, 2.24) is 0 Å². The predicted octanol–water partition coefficient (Wildman–Crippen LogP) is 2.99. The van der Waals surface area contributed by atoms with Gasteiger partial charge >= 0.3 is 0 Å². The molecular weight excluding hydrogens is 270 g/mol. The van der Waals surface area contributed by atoms with Gasteiger partial charge in [0.15, 0.2) is 11.5 Å². The Morgan fingerprint density at radius 2 is 2.00 bits per heavy atom. The molecule has 2 aliphatic rings. The number of hydrogen-bond donors (Lipinski definition) is 2. The zero-order chi connectivity index (χ0) is 14.1. The van der Waals surface area contributed by atoms with E-state index in [2.05, 4.69) is 5.32 Å². The van der Waals surface area contributed by atoms with Crippen LogP contribution in [0.4, 0.5) is 5.69 Å². The highest BCUT2D eigenvalue weighted by molar-refractivity contribution is 6.31. The lowest BCUT2D eigenvalue weighted by Crippen LogP contribution is -2.04. The van der Waals surface area contributed by atoms with Crippen molar-refractivity contribution < 1.29 is 19.4 Å². The first-order valence-electron chi connectivity index (χ1n) is 6.56. The van der Waals surface area contributed by atoms with Gasteiger partial charge in [-0.2, -0.15) is 0 Å². The topological polar surface area (TPSA) is 67.8 Å². The summed E-state index contributed by atoms with van der Waals surface area (Å²) in [5.41, 5.74) is 1.27. The monoisotopic (exact) mass is 279 g/mol. The molecule has 0 saturated carbocycles. The number of carbonyl (C=O) groups excluding carboxylic acids is 1. The summed E-state index contributed by atoms with van der Waals surface area (Å²) in [5, 5.41) is 16.1. The number of carbonyl (C=O) groups is 1. The van der Waals surface area contributed by atoms with E-state index in [4.69, 9.17) is 9.47 Å². The van der Waals surface area contributed by atoms with E-state index >= 15 is 0 Å². The minimum absolute atomic E-state index is 0.139. The average Bonchev–Trinajstić information content (AvgIpc) is 3.06. The Kier molecular flexibility index (Phi) is 1.74. The first-order valence-corrected chi connectivity index (χ1v) is 6.56. The lowest BCUT2D eigenvalue weighted by Gasteiger charge is -2.09. The van der Waals surface area contributed by atoms with Crippen molar-refractivity contribution in [3.63, 3.8) is 0 Å². The lowest BCUT2D eigenvalue weighted by atomic mass is 9.97. The van der Waals surface area contributed by atoms with Gasteiger partial charge in [-0.1, -0.05) is 12.1 Å².